The number of amidine groups is 1. The van der Waals surface area contributed by atoms with Gasteiger partial charge >= 0.3 is 0 Å². The van der Waals surface area contributed by atoms with Crippen LogP contribution in [0.5, 0.6) is 0 Å². The van der Waals surface area contributed by atoms with E-state index in [1.165, 1.54) is 6.08 Å². The average Bonchev–Trinajstić information content (AvgIpc) is 2.60. The molecule has 2 rings (SSSR count). The third kappa shape index (κ3) is 5.08. The van der Waals surface area contributed by atoms with Gasteiger partial charge in [0.25, 0.3) is 0 Å². The molecule has 0 aromatic heterocycles. The highest BCUT2D eigenvalue weighted by Gasteiger charge is 2.05. The topological polar surface area (TPSA) is 44.7 Å². The van der Waals surface area contributed by atoms with Gasteiger partial charge in [-0.3, -0.25) is 9.79 Å². The van der Waals surface area contributed by atoms with Crippen molar-refractivity contribution in [3.8, 4) is 0 Å². The standard InChI is InChI=1S/C19H19Cl2N3O/c1-13(22-2)24(3)15-9-7-14(8-10-15)23-19(25)12-11-16-17(20)5-4-6-18(16)21/h4-12H,1-3H3,(H,23,25). The number of carbonyl (C=O) groups is 1. The van der Waals surface area contributed by atoms with E-state index in [1.54, 1.807) is 31.3 Å². The number of anilines is 2. The number of hydrogen-bond acceptors (Lipinski definition) is 2. The predicted molar refractivity (Wildman–Crippen MR) is 108 cm³/mol. The highest BCUT2D eigenvalue weighted by molar-refractivity contribution is 6.37. The fourth-order valence-electron chi connectivity index (χ4n) is 2.12. The molecule has 25 heavy (non-hydrogen) atoms. The SMILES string of the molecule is CN=C(C)N(C)c1ccc(NC(=O)C=Cc2c(Cl)cccc2Cl)cc1. The molecule has 0 unspecified atom stereocenters. The van der Waals surface area contributed by atoms with Crippen LogP contribution in [-0.2, 0) is 4.79 Å². The number of amides is 1. The molecule has 0 aliphatic heterocycles. The summed E-state index contributed by atoms with van der Waals surface area (Å²) in [5.74, 6) is 0.639. The summed E-state index contributed by atoms with van der Waals surface area (Å²) >= 11 is 12.2. The van der Waals surface area contributed by atoms with Crippen LogP contribution in [0, 0.1) is 0 Å². The molecule has 0 fully saturated rings. The van der Waals surface area contributed by atoms with Gasteiger partial charge in [-0.25, -0.2) is 0 Å². The fraction of sp³-hybridized carbons (Fsp3) is 0.158. The minimum Gasteiger partial charge on any atom is -0.334 e. The minimum absolute atomic E-state index is 0.261. The molecule has 0 atom stereocenters. The van der Waals surface area contributed by atoms with Crippen LogP contribution in [0.4, 0.5) is 11.4 Å². The maximum atomic E-state index is 12.1. The number of nitrogens with zero attached hydrogens (tertiary/aromatic N) is 2. The van der Waals surface area contributed by atoms with Gasteiger partial charge in [-0.2, -0.15) is 0 Å². The van der Waals surface area contributed by atoms with Crippen LogP contribution in [0.2, 0.25) is 10.0 Å². The first-order valence-corrected chi connectivity index (χ1v) is 8.38. The van der Waals surface area contributed by atoms with Gasteiger partial charge in [-0.15, -0.1) is 0 Å². The second-order valence-corrected chi connectivity index (χ2v) is 6.15. The zero-order chi connectivity index (χ0) is 18.4. The van der Waals surface area contributed by atoms with Gasteiger partial charge in [0, 0.05) is 47.2 Å². The zero-order valence-corrected chi connectivity index (χ0v) is 15.8. The van der Waals surface area contributed by atoms with E-state index in [4.69, 9.17) is 23.2 Å². The van der Waals surface area contributed by atoms with Crippen molar-refractivity contribution < 1.29 is 4.79 Å². The maximum absolute atomic E-state index is 12.1. The van der Waals surface area contributed by atoms with Gasteiger partial charge in [0.2, 0.25) is 5.91 Å². The Balaban J connectivity index is 2.05. The van der Waals surface area contributed by atoms with E-state index >= 15 is 0 Å². The summed E-state index contributed by atoms with van der Waals surface area (Å²) in [6.45, 7) is 1.93. The Labute approximate surface area is 157 Å². The molecular formula is C19H19Cl2N3O. The summed E-state index contributed by atoms with van der Waals surface area (Å²) in [5, 5.41) is 3.79. The summed E-state index contributed by atoms with van der Waals surface area (Å²) < 4.78 is 0. The molecule has 0 saturated heterocycles. The van der Waals surface area contributed by atoms with E-state index < -0.39 is 0 Å². The Morgan fingerprint density at radius 3 is 2.28 bits per heavy atom. The third-order valence-electron chi connectivity index (χ3n) is 3.73. The number of rotatable bonds is 4. The molecule has 0 saturated carbocycles. The van der Waals surface area contributed by atoms with Crippen molar-refractivity contribution in [3.05, 3.63) is 64.1 Å². The molecule has 0 aliphatic rings. The second-order valence-electron chi connectivity index (χ2n) is 5.33. The monoisotopic (exact) mass is 375 g/mol. The van der Waals surface area contributed by atoms with Crippen LogP contribution in [-0.4, -0.2) is 25.8 Å². The van der Waals surface area contributed by atoms with E-state index in [-0.39, 0.29) is 5.91 Å². The highest BCUT2D eigenvalue weighted by Crippen LogP contribution is 2.25. The van der Waals surface area contributed by atoms with Crippen molar-refractivity contribution in [2.45, 2.75) is 6.92 Å². The van der Waals surface area contributed by atoms with E-state index in [0.29, 0.717) is 21.3 Å². The van der Waals surface area contributed by atoms with Crippen LogP contribution in [0.1, 0.15) is 12.5 Å². The molecule has 0 radical (unpaired) electrons. The normalized spacial score (nSPS) is 11.6. The van der Waals surface area contributed by atoms with Gasteiger partial charge < -0.3 is 10.2 Å². The van der Waals surface area contributed by atoms with Crippen LogP contribution in [0.15, 0.2) is 53.5 Å². The number of carbonyl (C=O) groups excluding carboxylic acids is 1. The van der Waals surface area contributed by atoms with Crippen LogP contribution >= 0.6 is 23.2 Å². The van der Waals surface area contributed by atoms with Crippen LogP contribution < -0.4 is 10.2 Å². The van der Waals surface area contributed by atoms with E-state index in [1.807, 2.05) is 43.1 Å². The Kier molecular flexibility index (Phi) is 6.62. The van der Waals surface area contributed by atoms with E-state index in [9.17, 15) is 4.79 Å². The summed E-state index contributed by atoms with van der Waals surface area (Å²) in [6, 6.07) is 12.7. The summed E-state index contributed by atoms with van der Waals surface area (Å²) in [7, 11) is 3.68. The van der Waals surface area contributed by atoms with Crippen molar-refractivity contribution >= 4 is 52.4 Å². The lowest BCUT2D eigenvalue weighted by Gasteiger charge is -2.18. The molecule has 6 heteroatoms. The maximum Gasteiger partial charge on any atom is 0.248 e. The Bertz CT molecular complexity index is 794. The molecule has 0 heterocycles. The largest absolute Gasteiger partial charge is 0.334 e. The van der Waals surface area contributed by atoms with Crippen molar-refractivity contribution in [3.63, 3.8) is 0 Å². The van der Waals surface area contributed by atoms with Gasteiger partial charge in [0.1, 0.15) is 0 Å². The molecule has 0 spiro atoms. The fourth-order valence-corrected chi connectivity index (χ4v) is 2.64. The molecule has 1 N–H and O–H groups in total. The molecule has 2 aromatic rings. The number of nitrogens with one attached hydrogen (secondary N) is 1. The third-order valence-corrected chi connectivity index (χ3v) is 4.39. The van der Waals surface area contributed by atoms with Crippen molar-refractivity contribution in [1.82, 2.24) is 0 Å². The minimum atomic E-state index is -0.261. The Morgan fingerprint density at radius 2 is 1.72 bits per heavy atom. The quantitative estimate of drug-likeness (QED) is 0.457. The highest BCUT2D eigenvalue weighted by atomic mass is 35.5. The van der Waals surface area contributed by atoms with Crippen LogP contribution in [0.3, 0.4) is 0 Å². The lowest BCUT2D eigenvalue weighted by Crippen LogP contribution is -2.23. The van der Waals surface area contributed by atoms with Crippen molar-refractivity contribution in [1.29, 1.82) is 0 Å². The molecule has 2 aromatic carbocycles. The van der Waals surface area contributed by atoms with Gasteiger partial charge in [0.15, 0.2) is 0 Å². The van der Waals surface area contributed by atoms with Crippen molar-refractivity contribution in [2.75, 3.05) is 24.3 Å². The van der Waals surface area contributed by atoms with Gasteiger partial charge in [-0.05, 0) is 49.4 Å². The molecule has 130 valence electrons. The lowest BCUT2D eigenvalue weighted by molar-refractivity contribution is -0.111. The summed E-state index contributed by atoms with van der Waals surface area (Å²) in [6.07, 6.45) is 3.00. The zero-order valence-electron chi connectivity index (χ0n) is 14.3. The Morgan fingerprint density at radius 1 is 1.12 bits per heavy atom. The summed E-state index contributed by atoms with van der Waals surface area (Å²) in [4.78, 5) is 18.2. The molecule has 0 aliphatic carbocycles. The Hall–Kier alpha value is -2.30. The van der Waals surface area contributed by atoms with Gasteiger partial charge in [-0.1, -0.05) is 29.3 Å². The number of aliphatic imine (C=N–C) groups is 1. The van der Waals surface area contributed by atoms with Crippen LogP contribution in [0.25, 0.3) is 6.08 Å². The molecule has 1 amide bonds. The van der Waals surface area contributed by atoms with Gasteiger partial charge in [0.05, 0.1) is 5.84 Å². The average molecular weight is 376 g/mol. The smallest absolute Gasteiger partial charge is 0.248 e. The van der Waals surface area contributed by atoms with E-state index in [2.05, 4.69) is 10.3 Å². The predicted octanol–water partition coefficient (Wildman–Crippen LogP) is 5.13. The first kappa shape index (κ1) is 19.0. The van der Waals surface area contributed by atoms with E-state index in [0.717, 1.165) is 11.5 Å². The number of benzene rings is 2. The second kappa shape index (κ2) is 8.70. The molecule has 4 nitrogen and oxygen atoms in total. The molecular weight excluding hydrogens is 357 g/mol. The first-order chi connectivity index (χ1) is 11.9. The summed E-state index contributed by atoms with van der Waals surface area (Å²) in [5.41, 5.74) is 2.30. The molecule has 0 bridgehead atoms. The first-order valence-electron chi connectivity index (χ1n) is 7.62. The van der Waals surface area contributed by atoms with Crippen molar-refractivity contribution in [2.24, 2.45) is 4.99 Å². The number of hydrogen-bond donors (Lipinski definition) is 1. The number of halogens is 2. The lowest BCUT2D eigenvalue weighted by atomic mass is 10.2.